The van der Waals surface area contributed by atoms with E-state index in [1.54, 1.807) is 19.1 Å². The van der Waals surface area contributed by atoms with E-state index in [9.17, 15) is 4.39 Å². The van der Waals surface area contributed by atoms with Gasteiger partial charge in [0.25, 0.3) is 5.85 Å². The van der Waals surface area contributed by atoms with Crippen molar-refractivity contribution >= 4 is 0 Å². The molecule has 1 aromatic carbocycles. The van der Waals surface area contributed by atoms with Crippen LogP contribution >= 0.6 is 0 Å². The summed E-state index contributed by atoms with van der Waals surface area (Å²) in [6.07, 6.45) is -0.287. The fraction of sp³-hybridized carbons (Fsp3) is 0.333. The molecular weight excluding hydrogens is 143 g/mol. The van der Waals surface area contributed by atoms with Crippen molar-refractivity contribution in [2.45, 2.75) is 18.9 Å². The Bertz CT molecular complexity index is 260. The number of hydrogen-bond acceptors (Lipinski definition) is 1. The maximum absolute atomic E-state index is 13.4. The summed E-state index contributed by atoms with van der Waals surface area (Å²) in [5, 5.41) is 0. The molecule has 1 aliphatic rings. The van der Waals surface area contributed by atoms with Gasteiger partial charge in [-0.05, 0) is 6.92 Å². The van der Waals surface area contributed by atoms with E-state index in [2.05, 4.69) is 0 Å². The summed E-state index contributed by atoms with van der Waals surface area (Å²) < 4.78 is 18.2. The van der Waals surface area contributed by atoms with Crippen molar-refractivity contribution < 1.29 is 9.13 Å². The number of alkyl halides is 1. The van der Waals surface area contributed by atoms with Gasteiger partial charge >= 0.3 is 0 Å². The highest BCUT2D eigenvalue weighted by Gasteiger charge is 2.56. The third kappa shape index (κ3) is 0.942. The van der Waals surface area contributed by atoms with Gasteiger partial charge in [0, 0.05) is 5.56 Å². The second-order valence-electron chi connectivity index (χ2n) is 2.77. The van der Waals surface area contributed by atoms with E-state index < -0.39 is 5.85 Å². The van der Waals surface area contributed by atoms with E-state index in [4.69, 9.17) is 4.74 Å². The number of hydrogen-bond donors (Lipinski definition) is 0. The molecule has 0 saturated carbocycles. The van der Waals surface area contributed by atoms with Crippen LogP contribution in [0.4, 0.5) is 4.39 Å². The summed E-state index contributed by atoms with van der Waals surface area (Å²) in [5.74, 6) is -1.50. The Hall–Kier alpha value is -0.890. The molecule has 0 amide bonds. The third-order valence-corrected chi connectivity index (χ3v) is 1.98. The number of rotatable bonds is 1. The molecule has 0 N–H and O–H groups in total. The third-order valence-electron chi connectivity index (χ3n) is 1.98. The summed E-state index contributed by atoms with van der Waals surface area (Å²) in [6.45, 7) is 1.73. The molecule has 1 aliphatic heterocycles. The van der Waals surface area contributed by atoms with Crippen LogP contribution in [0.1, 0.15) is 12.5 Å². The minimum atomic E-state index is -1.50. The van der Waals surface area contributed by atoms with Crippen LogP contribution < -0.4 is 0 Å². The molecule has 2 atom stereocenters. The molecule has 1 aromatic rings. The lowest BCUT2D eigenvalue weighted by Gasteiger charge is -1.99. The van der Waals surface area contributed by atoms with Crippen molar-refractivity contribution in [3.8, 4) is 0 Å². The Morgan fingerprint density at radius 2 is 1.91 bits per heavy atom. The lowest BCUT2D eigenvalue weighted by molar-refractivity contribution is 0.141. The molecule has 11 heavy (non-hydrogen) atoms. The van der Waals surface area contributed by atoms with Gasteiger partial charge in [0.2, 0.25) is 0 Å². The van der Waals surface area contributed by atoms with E-state index in [0.717, 1.165) is 0 Å². The molecule has 0 spiro atoms. The number of benzene rings is 1. The zero-order valence-corrected chi connectivity index (χ0v) is 6.25. The first-order chi connectivity index (χ1) is 5.23. The highest BCUT2D eigenvalue weighted by Crippen LogP contribution is 2.47. The van der Waals surface area contributed by atoms with Crippen LogP contribution in [0.3, 0.4) is 0 Å². The molecule has 1 nitrogen and oxygen atoms in total. The molecule has 0 aromatic heterocycles. The van der Waals surface area contributed by atoms with Crippen molar-refractivity contribution in [2.24, 2.45) is 0 Å². The first-order valence-corrected chi connectivity index (χ1v) is 3.66. The van der Waals surface area contributed by atoms with Crippen LogP contribution in [0.25, 0.3) is 0 Å². The van der Waals surface area contributed by atoms with Gasteiger partial charge in [-0.3, -0.25) is 0 Å². The monoisotopic (exact) mass is 152 g/mol. The second kappa shape index (κ2) is 2.05. The first kappa shape index (κ1) is 6.80. The van der Waals surface area contributed by atoms with E-state index in [1.165, 1.54) is 0 Å². The smallest absolute Gasteiger partial charge is 0.262 e. The fourth-order valence-electron chi connectivity index (χ4n) is 1.19. The molecular formula is C9H9FO. The van der Waals surface area contributed by atoms with Crippen LogP contribution in [0.5, 0.6) is 0 Å². The van der Waals surface area contributed by atoms with Gasteiger partial charge in [-0.2, -0.15) is 0 Å². The maximum atomic E-state index is 13.4. The fourth-order valence-corrected chi connectivity index (χ4v) is 1.19. The number of halogens is 1. The molecule has 2 heteroatoms. The van der Waals surface area contributed by atoms with Crippen molar-refractivity contribution in [1.29, 1.82) is 0 Å². The largest absolute Gasteiger partial charge is 0.331 e. The molecule has 0 aliphatic carbocycles. The second-order valence-corrected chi connectivity index (χ2v) is 2.77. The Morgan fingerprint density at radius 3 is 2.36 bits per heavy atom. The van der Waals surface area contributed by atoms with Gasteiger partial charge in [0.15, 0.2) is 0 Å². The topological polar surface area (TPSA) is 12.5 Å². The predicted octanol–water partition coefficient (Wildman–Crippen LogP) is 2.23. The Kier molecular flexibility index (Phi) is 1.26. The van der Waals surface area contributed by atoms with Crippen LogP contribution in [-0.2, 0) is 10.6 Å². The van der Waals surface area contributed by atoms with Crippen LogP contribution in [0, 0.1) is 0 Å². The van der Waals surface area contributed by atoms with Crippen LogP contribution in [0.2, 0.25) is 0 Å². The lowest BCUT2D eigenvalue weighted by atomic mass is 10.1. The Labute approximate surface area is 64.8 Å². The zero-order chi connectivity index (χ0) is 7.90. The number of epoxide rings is 1. The SMILES string of the molecule is C[C@H]1O[C@@]1(F)c1ccccc1. The van der Waals surface area contributed by atoms with Gasteiger partial charge in [0.1, 0.15) is 6.10 Å². The minimum absolute atomic E-state index is 0.287. The molecule has 0 unspecified atom stereocenters. The van der Waals surface area contributed by atoms with Crippen LogP contribution in [0.15, 0.2) is 30.3 Å². The van der Waals surface area contributed by atoms with Crippen molar-refractivity contribution in [3.05, 3.63) is 35.9 Å². The van der Waals surface area contributed by atoms with Crippen molar-refractivity contribution in [2.75, 3.05) is 0 Å². The van der Waals surface area contributed by atoms with E-state index in [1.807, 2.05) is 18.2 Å². The normalized spacial score (nSPS) is 35.3. The molecule has 1 heterocycles. The molecule has 58 valence electrons. The van der Waals surface area contributed by atoms with E-state index in [0.29, 0.717) is 5.56 Å². The van der Waals surface area contributed by atoms with Crippen molar-refractivity contribution in [1.82, 2.24) is 0 Å². The maximum Gasteiger partial charge on any atom is 0.262 e. The highest BCUT2D eigenvalue weighted by atomic mass is 19.2. The van der Waals surface area contributed by atoms with Crippen molar-refractivity contribution in [3.63, 3.8) is 0 Å². The summed E-state index contributed by atoms with van der Waals surface area (Å²) in [7, 11) is 0. The van der Waals surface area contributed by atoms with E-state index in [-0.39, 0.29) is 6.10 Å². The average molecular weight is 152 g/mol. The molecule has 1 fully saturated rings. The van der Waals surface area contributed by atoms with Gasteiger partial charge in [0.05, 0.1) is 0 Å². The summed E-state index contributed by atoms with van der Waals surface area (Å²) in [6, 6.07) is 8.96. The highest BCUT2D eigenvalue weighted by molar-refractivity contribution is 5.25. The summed E-state index contributed by atoms with van der Waals surface area (Å²) in [5.41, 5.74) is 0.618. The summed E-state index contributed by atoms with van der Waals surface area (Å²) >= 11 is 0. The Morgan fingerprint density at radius 1 is 1.36 bits per heavy atom. The van der Waals surface area contributed by atoms with E-state index >= 15 is 0 Å². The molecule has 0 radical (unpaired) electrons. The first-order valence-electron chi connectivity index (χ1n) is 3.66. The quantitative estimate of drug-likeness (QED) is 0.562. The lowest BCUT2D eigenvalue weighted by Crippen LogP contribution is -2.02. The molecule has 0 bridgehead atoms. The van der Waals surface area contributed by atoms with Gasteiger partial charge in [-0.15, -0.1) is 0 Å². The average Bonchev–Trinajstić information content (AvgIpc) is 2.64. The summed E-state index contributed by atoms with van der Waals surface area (Å²) in [4.78, 5) is 0. The molecule has 1 saturated heterocycles. The zero-order valence-electron chi connectivity index (χ0n) is 6.25. The van der Waals surface area contributed by atoms with Gasteiger partial charge in [-0.25, -0.2) is 4.39 Å². The standard InChI is InChI=1S/C9H9FO/c1-7-9(10,11-7)8-5-3-2-4-6-8/h2-7H,1H3/t7-,9-/m1/s1. The van der Waals surface area contributed by atoms with Gasteiger partial charge in [-0.1, -0.05) is 30.3 Å². The van der Waals surface area contributed by atoms with Gasteiger partial charge < -0.3 is 4.74 Å². The predicted molar refractivity (Wildman–Crippen MR) is 39.8 cm³/mol. The number of ether oxygens (including phenoxy) is 1. The minimum Gasteiger partial charge on any atom is -0.331 e. The molecule has 2 rings (SSSR count). The Balaban J connectivity index is 2.32. The van der Waals surface area contributed by atoms with Crippen LogP contribution in [-0.4, -0.2) is 6.10 Å².